The number of hydrogen-bond acceptors (Lipinski definition) is 3. The molecular weight excluding hydrogens is 170 g/mol. The number of rotatable bonds is 1. The zero-order valence-electron chi connectivity index (χ0n) is 8.82. The summed E-state index contributed by atoms with van der Waals surface area (Å²) in [5.41, 5.74) is 0. The molecule has 1 fully saturated rings. The third-order valence-corrected chi connectivity index (χ3v) is 1.04. The van der Waals surface area contributed by atoms with Crippen LogP contribution in [0.2, 0.25) is 0 Å². The van der Waals surface area contributed by atoms with Crippen LogP contribution in [0.25, 0.3) is 0 Å². The maximum absolute atomic E-state index is 9.43. The zero-order chi connectivity index (χ0) is 10.5. The summed E-state index contributed by atoms with van der Waals surface area (Å²) < 4.78 is 4.94. The average molecular weight is 191 g/mol. The van der Waals surface area contributed by atoms with Crippen LogP contribution in [0.3, 0.4) is 0 Å². The molecule has 0 aromatic rings. The highest BCUT2D eigenvalue weighted by atomic mass is 16.5. The van der Waals surface area contributed by atoms with Crippen molar-refractivity contribution < 1.29 is 14.6 Å². The second-order valence-electron chi connectivity index (χ2n) is 2.70. The summed E-state index contributed by atoms with van der Waals surface area (Å²) in [5, 5.41) is 7.57. The van der Waals surface area contributed by atoms with Crippen LogP contribution >= 0.6 is 0 Å². The van der Waals surface area contributed by atoms with Crippen LogP contribution in [-0.4, -0.2) is 50.3 Å². The Labute approximate surface area is 80.5 Å². The molecule has 0 aromatic heterocycles. The van der Waals surface area contributed by atoms with E-state index >= 15 is 0 Å². The number of aliphatic hydroxyl groups is 1. The molecule has 1 heterocycles. The molecule has 0 aromatic carbocycles. The first-order chi connectivity index (χ1) is 6.18. The lowest BCUT2D eigenvalue weighted by atomic mass is 10.4. The van der Waals surface area contributed by atoms with Gasteiger partial charge in [0.05, 0.1) is 0 Å². The summed E-state index contributed by atoms with van der Waals surface area (Å²) in [7, 11) is 3.38. The Morgan fingerprint density at radius 3 is 1.77 bits per heavy atom. The first-order valence-corrected chi connectivity index (χ1v) is 4.49. The van der Waals surface area contributed by atoms with Crippen molar-refractivity contribution in [3.05, 3.63) is 0 Å². The molecule has 1 aliphatic rings. The summed E-state index contributed by atoms with van der Waals surface area (Å²) in [6, 6.07) is 0. The number of carbonyl (C=O) groups excluding carboxylic acids is 1. The van der Waals surface area contributed by atoms with E-state index < -0.39 is 0 Å². The van der Waals surface area contributed by atoms with E-state index in [1.165, 1.54) is 17.7 Å². The molecule has 0 radical (unpaired) electrons. The fraction of sp³-hybridized carbons (Fsp3) is 0.889. The molecule has 0 saturated carbocycles. The van der Waals surface area contributed by atoms with Crippen molar-refractivity contribution in [2.45, 2.75) is 19.8 Å². The molecule has 0 spiro atoms. The third-order valence-electron chi connectivity index (χ3n) is 1.04. The smallest absolute Gasteiger partial charge is 0.209 e. The Balaban J connectivity index is 0. The normalized spacial score (nSPS) is 13.2. The van der Waals surface area contributed by atoms with Gasteiger partial charge >= 0.3 is 0 Å². The van der Waals surface area contributed by atoms with E-state index in [0.29, 0.717) is 0 Å². The van der Waals surface area contributed by atoms with Gasteiger partial charge in [0.25, 0.3) is 0 Å². The first-order valence-electron chi connectivity index (χ1n) is 4.49. The van der Waals surface area contributed by atoms with Gasteiger partial charge in [-0.2, -0.15) is 0 Å². The van der Waals surface area contributed by atoms with Crippen LogP contribution in [0, 0.1) is 0 Å². The summed E-state index contributed by atoms with van der Waals surface area (Å²) in [4.78, 5) is 10.9. The van der Waals surface area contributed by atoms with E-state index in [9.17, 15) is 4.79 Å². The Morgan fingerprint density at radius 1 is 1.38 bits per heavy atom. The van der Waals surface area contributed by atoms with Gasteiger partial charge in [-0.1, -0.05) is 0 Å². The van der Waals surface area contributed by atoms with E-state index in [1.54, 1.807) is 21.0 Å². The lowest BCUT2D eigenvalue weighted by Gasteiger charge is -1.93. The molecule has 4 heteroatoms. The summed E-state index contributed by atoms with van der Waals surface area (Å²) in [6.07, 6.45) is 3.31. The molecule has 0 unspecified atom stereocenters. The van der Waals surface area contributed by atoms with Gasteiger partial charge in [-0.25, -0.2) is 0 Å². The molecule has 1 N–H and O–H groups in total. The van der Waals surface area contributed by atoms with Gasteiger partial charge in [0, 0.05) is 33.9 Å². The van der Waals surface area contributed by atoms with Crippen LogP contribution in [0.5, 0.6) is 0 Å². The number of carbonyl (C=O) groups is 1. The van der Waals surface area contributed by atoms with Crippen molar-refractivity contribution in [2.24, 2.45) is 0 Å². The Kier molecular flexibility index (Phi) is 16.0. The Morgan fingerprint density at radius 2 is 1.69 bits per heavy atom. The minimum Gasteiger partial charge on any atom is -0.397 e. The quantitative estimate of drug-likeness (QED) is 0.614. The van der Waals surface area contributed by atoms with Gasteiger partial charge in [-0.15, -0.1) is 0 Å². The predicted octanol–water partition coefficient (Wildman–Crippen LogP) is 0.500. The number of nitrogens with zero attached hydrogens (tertiary/aromatic N) is 1. The average Bonchev–Trinajstić information content (AvgIpc) is 2.62. The molecule has 80 valence electrons. The van der Waals surface area contributed by atoms with Crippen LogP contribution < -0.4 is 0 Å². The fourth-order valence-electron chi connectivity index (χ4n) is 0.510. The number of hydrogen-bond donors (Lipinski definition) is 1. The molecule has 1 aliphatic heterocycles. The Bertz CT molecular complexity index is 85.3. The molecule has 1 saturated heterocycles. The first kappa shape index (κ1) is 14.9. The summed E-state index contributed by atoms with van der Waals surface area (Å²) in [5.74, 6) is 0. The van der Waals surface area contributed by atoms with E-state index in [0.717, 1.165) is 19.6 Å². The highest BCUT2D eigenvalue weighted by molar-refractivity contribution is 5.45. The predicted molar refractivity (Wildman–Crippen MR) is 52.6 cm³/mol. The lowest BCUT2D eigenvalue weighted by molar-refractivity contribution is -0.115. The van der Waals surface area contributed by atoms with Crippen LogP contribution in [0.4, 0.5) is 0 Å². The summed E-state index contributed by atoms with van der Waals surface area (Å²) >= 11 is 0. The van der Waals surface area contributed by atoms with Gasteiger partial charge < -0.3 is 14.7 Å². The third kappa shape index (κ3) is 24.6. The van der Waals surface area contributed by atoms with Crippen molar-refractivity contribution >= 4 is 6.41 Å². The van der Waals surface area contributed by atoms with Gasteiger partial charge in [-0.3, -0.25) is 4.79 Å². The van der Waals surface area contributed by atoms with E-state index in [1.807, 2.05) is 0 Å². The number of aliphatic hydroxyl groups excluding tert-OH is 1. The van der Waals surface area contributed by atoms with Gasteiger partial charge in [0.15, 0.2) is 0 Å². The SMILES string of the molecule is C1CCOC1.CCO.CN(C)C=O. The van der Waals surface area contributed by atoms with E-state index in [-0.39, 0.29) is 6.61 Å². The van der Waals surface area contributed by atoms with Crippen molar-refractivity contribution in [3.8, 4) is 0 Å². The van der Waals surface area contributed by atoms with Gasteiger partial charge in [0.1, 0.15) is 0 Å². The second kappa shape index (κ2) is 13.9. The van der Waals surface area contributed by atoms with Gasteiger partial charge in [-0.05, 0) is 19.8 Å². The van der Waals surface area contributed by atoms with Crippen molar-refractivity contribution in [1.82, 2.24) is 4.90 Å². The number of ether oxygens (including phenoxy) is 1. The van der Waals surface area contributed by atoms with E-state index in [4.69, 9.17) is 9.84 Å². The Hall–Kier alpha value is -0.610. The minimum atomic E-state index is 0.250. The number of amides is 1. The fourth-order valence-corrected chi connectivity index (χ4v) is 0.510. The zero-order valence-corrected chi connectivity index (χ0v) is 8.82. The minimum absolute atomic E-state index is 0.250. The molecule has 1 rings (SSSR count). The van der Waals surface area contributed by atoms with Crippen molar-refractivity contribution in [2.75, 3.05) is 33.9 Å². The summed E-state index contributed by atoms with van der Waals surface area (Å²) in [6.45, 7) is 3.93. The van der Waals surface area contributed by atoms with Crippen molar-refractivity contribution in [3.63, 3.8) is 0 Å². The molecule has 4 nitrogen and oxygen atoms in total. The lowest BCUT2D eigenvalue weighted by Crippen LogP contribution is -2.06. The molecule has 0 aliphatic carbocycles. The molecule has 0 atom stereocenters. The standard InChI is InChI=1S/C4H8O.C3H7NO.C2H6O/c1-2-4-5-3-1;1-4(2)3-5;1-2-3/h1-4H2;3H,1-2H3;3H,2H2,1H3. The molecule has 1 amide bonds. The molecule has 13 heavy (non-hydrogen) atoms. The van der Waals surface area contributed by atoms with Crippen molar-refractivity contribution in [1.29, 1.82) is 0 Å². The van der Waals surface area contributed by atoms with Crippen LogP contribution in [0.1, 0.15) is 19.8 Å². The highest BCUT2D eigenvalue weighted by Crippen LogP contribution is 1.98. The molecular formula is C9H21NO3. The van der Waals surface area contributed by atoms with Crippen LogP contribution in [-0.2, 0) is 9.53 Å². The maximum atomic E-state index is 9.43. The molecule has 0 bridgehead atoms. The van der Waals surface area contributed by atoms with Gasteiger partial charge in [0.2, 0.25) is 6.41 Å². The highest BCUT2D eigenvalue weighted by Gasteiger charge is 1.94. The monoisotopic (exact) mass is 191 g/mol. The maximum Gasteiger partial charge on any atom is 0.209 e. The van der Waals surface area contributed by atoms with Crippen LogP contribution in [0.15, 0.2) is 0 Å². The van der Waals surface area contributed by atoms with E-state index in [2.05, 4.69) is 0 Å². The second-order valence-corrected chi connectivity index (χ2v) is 2.70. The largest absolute Gasteiger partial charge is 0.397 e. The topological polar surface area (TPSA) is 49.8 Å².